The molecule has 1 N–H and O–H groups in total. The number of fused-ring (bicyclic) bond motifs is 2. The fourth-order valence-corrected chi connectivity index (χ4v) is 4.10. The van der Waals surface area contributed by atoms with Gasteiger partial charge >= 0.3 is 0 Å². The first-order valence-corrected chi connectivity index (χ1v) is 7.80. The van der Waals surface area contributed by atoms with Crippen LogP contribution in [0.5, 0.6) is 0 Å². The van der Waals surface area contributed by atoms with E-state index >= 15 is 0 Å². The maximum absolute atomic E-state index is 12.4. The van der Waals surface area contributed by atoms with E-state index in [0.29, 0.717) is 11.8 Å². The minimum Gasteiger partial charge on any atom is -0.342 e. The summed E-state index contributed by atoms with van der Waals surface area (Å²) in [6.45, 7) is 4.31. The number of rotatable bonds is 2. The van der Waals surface area contributed by atoms with Gasteiger partial charge in [-0.1, -0.05) is 6.42 Å². The Hall–Kier alpha value is -0.570. The van der Waals surface area contributed by atoms with Crippen molar-refractivity contribution in [1.82, 2.24) is 10.2 Å². The van der Waals surface area contributed by atoms with Gasteiger partial charge in [0.25, 0.3) is 0 Å². The number of nitrogens with zero attached hydrogens (tertiary/aromatic N) is 1. The number of likely N-dealkylation sites (tertiary alicyclic amines) is 1. The minimum absolute atomic E-state index is 0.443. The molecular formula is C15H26N2O. The molecule has 3 rings (SSSR count). The van der Waals surface area contributed by atoms with Crippen LogP contribution in [-0.4, -0.2) is 37.0 Å². The Balaban J connectivity index is 1.52. The summed E-state index contributed by atoms with van der Waals surface area (Å²) in [5.74, 6) is 2.71. The smallest absolute Gasteiger partial charge is 0.222 e. The maximum Gasteiger partial charge on any atom is 0.222 e. The second kappa shape index (κ2) is 5.60. The van der Waals surface area contributed by atoms with Gasteiger partial charge in [-0.2, -0.15) is 0 Å². The predicted molar refractivity (Wildman–Crippen MR) is 72.2 cm³/mol. The third kappa shape index (κ3) is 2.87. The Labute approximate surface area is 110 Å². The van der Waals surface area contributed by atoms with Crippen molar-refractivity contribution in [1.29, 1.82) is 0 Å². The van der Waals surface area contributed by atoms with Gasteiger partial charge in [0.1, 0.15) is 0 Å². The van der Waals surface area contributed by atoms with Crippen LogP contribution in [0, 0.1) is 17.8 Å². The zero-order chi connectivity index (χ0) is 12.4. The van der Waals surface area contributed by atoms with Crippen LogP contribution in [0.3, 0.4) is 0 Å². The Bertz CT molecular complexity index is 287. The Morgan fingerprint density at radius 3 is 2.39 bits per heavy atom. The van der Waals surface area contributed by atoms with Crippen molar-refractivity contribution in [3.63, 3.8) is 0 Å². The largest absolute Gasteiger partial charge is 0.342 e. The molecule has 2 heterocycles. The quantitative estimate of drug-likeness (QED) is 0.813. The molecule has 18 heavy (non-hydrogen) atoms. The number of hydrogen-bond acceptors (Lipinski definition) is 2. The van der Waals surface area contributed by atoms with E-state index in [-0.39, 0.29) is 0 Å². The molecule has 0 aromatic rings. The van der Waals surface area contributed by atoms with Crippen LogP contribution in [0.1, 0.15) is 44.9 Å². The molecule has 102 valence electrons. The zero-order valence-corrected chi connectivity index (χ0v) is 11.4. The fourth-order valence-electron chi connectivity index (χ4n) is 4.10. The van der Waals surface area contributed by atoms with Gasteiger partial charge in [0.2, 0.25) is 5.91 Å². The van der Waals surface area contributed by atoms with Gasteiger partial charge in [0.05, 0.1) is 0 Å². The van der Waals surface area contributed by atoms with Crippen molar-refractivity contribution >= 4 is 5.91 Å². The van der Waals surface area contributed by atoms with E-state index in [1.165, 1.54) is 38.5 Å². The number of hydrogen-bond donors (Lipinski definition) is 1. The maximum atomic E-state index is 12.4. The fraction of sp³-hybridized carbons (Fsp3) is 0.933. The molecule has 2 bridgehead atoms. The van der Waals surface area contributed by atoms with Crippen LogP contribution in [-0.2, 0) is 4.79 Å². The lowest BCUT2D eigenvalue weighted by Crippen LogP contribution is -2.46. The number of carbonyl (C=O) groups is 1. The van der Waals surface area contributed by atoms with E-state index in [0.717, 1.165) is 44.4 Å². The second-order valence-corrected chi connectivity index (χ2v) is 6.59. The highest BCUT2D eigenvalue weighted by Gasteiger charge is 2.33. The lowest BCUT2D eigenvalue weighted by molar-refractivity contribution is -0.136. The van der Waals surface area contributed by atoms with E-state index in [2.05, 4.69) is 10.2 Å². The average molecular weight is 250 g/mol. The van der Waals surface area contributed by atoms with Gasteiger partial charge in [-0.25, -0.2) is 0 Å². The molecule has 1 amide bonds. The van der Waals surface area contributed by atoms with Crippen molar-refractivity contribution in [3.05, 3.63) is 0 Å². The number of carbonyl (C=O) groups excluding carboxylic acids is 1. The van der Waals surface area contributed by atoms with E-state index in [9.17, 15) is 4.79 Å². The molecule has 0 aromatic carbocycles. The standard InChI is InChI=1S/C15H26N2O/c18-15(9-12-4-6-16-7-5-12)17-10-13-2-1-3-14(8-13)11-17/h12-14,16H,1-11H2/t13-,14+. The van der Waals surface area contributed by atoms with Crippen LogP contribution in [0.15, 0.2) is 0 Å². The zero-order valence-electron chi connectivity index (χ0n) is 11.4. The monoisotopic (exact) mass is 250 g/mol. The summed E-state index contributed by atoms with van der Waals surface area (Å²) in [5.41, 5.74) is 0. The Morgan fingerprint density at radius 2 is 1.72 bits per heavy atom. The summed E-state index contributed by atoms with van der Waals surface area (Å²) in [5, 5.41) is 3.37. The van der Waals surface area contributed by atoms with Crippen molar-refractivity contribution < 1.29 is 4.79 Å². The molecule has 2 atom stereocenters. The number of nitrogens with one attached hydrogen (secondary N) is 1. The van der Waals surface area contributed by atoms with Gasteiger partial charge in [-0.05, 0) is 62.9 Å². The number of piperidine rings is 2. The molecule has 1 aliphatic carbocycles. The third-order valence-electron chi connectivity index (χ3n) is 5.12. The summed E-state index contributed by atoms with van der Waals surface area (Å²) in [6.07, 6.45) is 8.67. The molecule has 0 aromatic heterocycles. The molecule has 0 unspecified atom stereocenters. The van der Waals surface area contributed by atoms with Crippen LogP contribution < -0.4 is 5.32 Å². The third-order valence-corrected chi connectivity index (χ3v) is 5.12. The molecular weight excluding hydrogens is 224 g/mol. The highest BCUT2D eigenvalue weighted by atomic mass is 16.2. The van der Waals surface area contributed by atoms with Crippen molar-refractivity contribution in [2.24, 2.45) is 17.8 Å². The summed E-state index contributed by atoms with van der Waals surface area (Å²) in [6, 6.07) is 0. The molecule has 2 saturated heterocycles. The van der Waals surface area contributed by atoms with Crippen molar-refractivity contribution in [3.8, 4) is 0 Å². The Morgan fingerprint density at radius 1 is 1.06 bits per heavy atom. The molecule has 3 nitrogen and oxygen atoms in total. The molecule has 3 aliphatic rings. The van der Waals surface area contributed by atoms with Gasteiger partial charge in [0.15, 0.2) is 0 Å². The first kappa shape index (κ1) is 12.5. The molecule has 0 spiro atoms. The molecule has 0 radical (unpaired) electrons. The van der Waals surface area contributed by atoms with Gasteiger partial charge in [-0.3, -0.25) is 4.79 Å². The van der Waals surface area contributed by atoms with E-state index in [1.54, 1.807) is 0 Å². The van der Waals surface area contributed by atoms with Crippen LogP contribution in [0.4, 0.5) is 0 Å². The summed E-state index contributed by atoms with van der Waals surface area (Å²) < 4.78 is 0. The summed E-state index contributed by atoms with van der Waals surface area (Å²) in [4.78, 5) is 14.6. The lowest BCUT2D eigenvalue weighted by Gasteiger charge is -2.42. The molecule has 3 fully saturated rings. The van der Waals surface area contributed by atoms with E-state index in [4.69, 9.17) is 0 Å². The first-order chi connectivity index (χ1) is 8.81. The highest BCUT2D eigenvalue weighted by Crippen LogP contribution is 2.34. The van der Waals surface area contributed by atoms with Crippen LogP contribution in [0.2, 0.25) is 0 Å². The van der Waals surface area contributed by atoms with E-state index < -0.39 is 0 Å². The van der Waals surface area contributed by atoms with Gasteiger partial charge in [0, 0.05) is 19.5 Å². The summed E-state index contributed by atoms with van der Waals surface area (Å²) in [7, 11) is 0. The molecule has 1 saturated carbocycles. The van der Waals surface area contributed by atoms with Crippen LogP contribution >= 0.6 is 0 Å². The van der Waals surface area contributed by atoms with E-state index in [1.807, 2.05) is 0 Å². The summed E-state index contributed by atoms with van der Waals surface area (Å²) >= 11 is 0. The topological polar surface area (TPSA) is 32.3 Å². The second-order valence-electron chi connectivity index (χ2n) is 6.59. The minimum atomic E-state index is 0.443. The lowest BCUT2D eigenvalue weighted by atomic mass is 9.77. The van der Waals surface area contributed by atoms with Crippen LogP contribution in [0.25, 0.3) is 0 Å². The van der Waals surface area contributed by atoms with Crippen molar-refractivity contribution in [2.45, 2.75) is 44.9 Å². The Kier molecular flexibility index (Phi) is 3.88. The predicted octanol–water partition coefficient (Wildman–Crippen LogP) is 2.02. The molecule has 3 heteroatoms. The van der Waals surface area contributed by atoms with Gasteiger partial charge < -0.3 is 10.2 Å². The van der Waals surface area contributed by atoms with Crippen molar-refractivity contribution in [2.75, 3.05) is 26.2 Å². The number of amides is 1. The average Bonchev–Trinajstić information content (AvgIpc) is 2.39. The SMILES string of the molecule is O=C(CC1CCNCC1)N1C[C@@H]2CCC[C@@H](C2)C1. The first-order valence-electron chi connectivity index (χ1n) is 7.80. The highest BCUT2D eigenvalue weighted by molar-refractivity contribution is 5.76. The van der Waals surface area contributed by atoms with Gasteiger partial charge in [-0.15, -0.1) is 0 Å². The molecule has 2 aliphatic heterocycles. The normalized spacial score (nSPS) is 33.4.